The summed E-state index contributed by atoms with van der Waals surface area (Å²) in [6.45, 7) is 1.88. The molecule has 0 unspecified atom stereocenters. The minimum atomic E-state index is 0.414. The Hall–Kier alpha value is -0.970. The highest BCUT2D eigenvalue weighted by Gasteiger charge is 2.05. The van der Waals surface area contributed by atoms with Gasteiger partial charge in [-0.15, -0.1) is 0 Å². The zero-order chi connectivity index (χ0) is 11.4. The van der Waals surface area contributed by atoms with Crippen molar-refractivity contribution in [1.82, 2.24) is 5.43 Å². The average molecular weight is 247 g/mol. The molecule has 1 aromatic rings. The third kappa shape index (κ3) is 2.99. The van der Waals surface area contributed by atoms with Crippen LogP contribution in [0.5, 0.6) is 0 Å². The first-order chi connectivity index (χ1) is 7.08. The molecule has 0 atom stereocenters. The number of benzene rings is 1. The Balaban J connectivity index is 3.00. The summed E-state index contributed by atoms with van der Waals surface area (Å²) < 4.78 is 0. The van der Waals surface area contributed by atoms with Gasteiger partial charge in [0.05, 0.1) is 10.7 Å². The Bertz CT molecular complexity index is 390. The maximum Gasteiger partial charge on any atom is 0.210 e. The Morgan fingerprint density at radius 3 is 2.53 bits per heavy atom. The van der Waals surface area contributed by atoms with Crippen molar-refractivity contribution in [1.29, 1.82) is 0 Å². The van der Waals surface area contributed by atoms with Gasteiger partial charge in [0.1, 0.15) is 0 Å². The first kappa shape index (κ1) is 12.1. The second kappa shape index (κ2) is 5.21. The van der Waals surface area contributed by atoms with E-state index in [0.29, 0.717) is 21.7 Å². The van der Waals surface area contributed by atoms with E-state index in [-0.39, 0.29) is 0 Å². The first-order valence-electron chi connectivity index (χ1n) is 4.24. The molecule has 0 fully saturated rings. The van der Waals surface area contributed by atoms with Crippen molar-refractivity contribution in [3.8, 4) is 0 Å². The average Bonchev–Trinajstić information content (AvgIpc) is 2.21. The van der Waals surface area contributed by atoms with Crippen LogP contribution in [0, 0.1) is 6.92 Å². The van der Waals surface area contributed by atoms with Crippen molar-refractivity contribution in [2.75, 3.05) is 12.4 Å². The summed E-state index contributed by atoms with van der Waals surface area (Å²) in [5.41, 5.74) is 3.98. The number of aryl methyl sites for hydroxylation is 1. The monoisotopic (exact) mass is 246 g/mol. The van der Waals surface area contributed by atoms with Crippen LogP contribution < -0.4 is 16.6 Å². The molecule has 0 saturated heterocycles. The molecule has 0 bridgehead atoms. The number of rotatable bonds is 1. The number of guanidine groups is 1. The molecule has 15 heavy (non-hydrogen) atoms. The van der Waals surface area contributed by atoms with E-state index in [9.17, 15) is 0 Å². The normalized spacial score (nSPS) is 11.4. The molecule has 0 aliphatic heterocycles. The number of hydrazine groups is 1. The van der Waals surface area contributed by atoms with Gasteiger partial charge in [0.25, 0.3) is 0 Å². The Morgan fingerprint density at radius 1 is 1.33 bits per heavy atom. The molecule has 0 radical (unpaired) electrons. The fraction of sp³-hybridized carbons (Fsp3) is 0.222. The van der Waals surface area contributed by atoms with Gasteiger partial charge in [0.2, 0.25) is 5.96 Å². The van der Waals surface area contributed by atoms with Gasteiger partial charge in [0.15, 0.2) is 0 Å². The highest BCUT2D eigenvalue weighted by molar-refractivity contribution is 6.36. The second-order valence-corrected chi connectivity index (χ2v) is 3.74. The minimum Gasteiger partial charge on any atom is -0.324 e. The molecule has 1 rings (SSSR count). The van der Waals surface area contributed by atoms with E-state index in [0.717, 1.165) is 5.56 Å². The summed E-state index contributed by atoms with van der Waals surface area (Å²) in [6.07, 6.45) is 0. The largest absolute Gasteiger partial charge is 0.324 e. The molecule has 0 amide bonds. The van der Waals surface area contributed by atoms with Crippen LogP contribution in [0.2, 0.25) is 10.0 Å². The minimum absolute atomic E-state index is 0.414. The molecule has 1 aromatic carbocycles. The van der Waals surface area contributed by atoms with Crippen molar-refractivity contribution in [2.45, 2.75) is 6.92 Å². The van der Waals surface area contributed by atoms with E-state index in [4.69, 9.17) is 29.0 Å². The molecule has 4 N–H and O–H groups in total. The Morgan fingerprint density at radius 2 is 2.00 bits per heavy atom. The predicted molar refractivity (Wildman–Crippen MR) is 65.5 cm³/mol. The van der Waals surface area contributed by atoms with Crippen molar-refractivity contribution >= 4 is 34.8 Å². The third-order valence-corrected chi connectivity index (χ3v) is 2.58. The molecular weight excluding hydrogens is 235 g/mol. The Kier molecular flexibility index (Phi) is 4.20. The van der Waals surface area contributed by atoms with Gasteiger partial charge in [-0.25, -0.2) is 5.84 Å². The lowest BCUT2D eigenvalue weighted by Crippen LogP contribution is -2.36. The summed E-state index contributed by atoms with van der Waals surface area (Å²) in [7, 11) is 1.60. The molecule has 82 valence electrons. The number of hydrogen-bond donors (Lipinski definition) is 3. The smallest absolute Gasteiger partial charge is 0.210 e. The number of nitrogens with zero attached hydrogens (tertiary/aromatic N) is 1. The van der Waals surface area contributed by atoms with E-state index in [2.05, 4.69) is 15.7 Å². The zero-order valence-electron chi connectivity index (χ0n) is 8.44. The molecule has 0 heterocycles. The van der Waals surface area contributed by atoms with Gasteiger partial charge in [-0.2, -0.15) is 0 Å². The standard InChI is InChI=1S/C9H12Cl2N4/c1-5-3-7(11)8(4-6(5)10)14-9(13-2)15-12/h3-4H,12H2,1-2H3,(H2,13,14,15). The number of aliphatic imine (C=N–C) groups is 1. The molecule has 6 heteroatoms. The van der Waals surface area contributed by atoms with Crippen LogP contribution in [0.15, 0.2) is 17.1 Å². The molecule has 0 aliphatic carbocycles. The lowest BCUT2D eigenvalue weighted by Gasteiger charge is -2.11. The summed E-state index contributed by atoms with van der Waals surface area (Å²) in [6, 6.07) is 3.50. The topological polar surface area (TPSA) is 62.4 Å². The summed E-state index contributed by atoms with van der Waals surface area (Å²) in [4.78, 5) is 3.86. The van der Waals surface area contributed by atoms with Crippen LogP contribution in [-0.2, 0) is 0 Å². The molecular formula is C9H12Cl2N4. The molecule has 0 aromatic heterocycles. The van der Waals surface area contributed by atoms with Gasteiger partial charge in [0, 0.05) is 12.1 Å². The molecule has 0 saturated carbocycles. The SMILES string of the molecule is CN=C(NN)Nc1cc(Cl)c(C)cc1Cl. The van der Waals surface area contributed by atoms with Crippen molar-refractivity contribution in [3.63, 3.8) is 0 Å². The zero-order valence-corrected chi connectivity index (χ0v) is 9.95. The van der Waals surface area contributed by atoms with E-state index in [1.165, 1.54) is 0 Å². The van der Waals surface area contributed by atoms with Crippen LogP contribution in [0.4, 0.5) is 5.69 Å². The maximum atomic E-state index is 6.01. The van der Waals surface area contributed by atoms with Crippen LogP contribution in [0.3, 0.4) is 0 Å². The van der Waals surface area contributed by atoms with Crippen LogP contribution >= 0.6 is 23.2 Å². The number of halogens is 2. The quantitative estimate of drug-likeness (QED) is 0.308. The number of nitrogens with one attached hydrogen (secondary N) is 2. The summed E-state index contributed by atoms with van der Waals surface area (Å²) in [5.74, 6) is 5.64. The fourth-order valence-electron chi connectivity index (χ4n) is 1.03. The fourth-order valence-corrected chi connectivity index (χ4v) is 1.46. The lowest BCUT2D eigenvalue weighted by molar-refractivity contribution is 1.01. The van der Waals surface area contributed by atoms with Gasteiger partial charge in [-0.3, -0.25) is 10.4 Å². The summed E-state index contributed by atoms with van der Waals surface area (Å²) >= 11 is 12.0. The van der Waals surface area contributed by atoms with Gasteiger partial charge >= 0.3 is 0 Å². The van der Waals surface area contributed by atoms with Crippen molar-refractivity contribution < 1.29 is 0 Å². The van der Waals surface area contributed by atoms with Crippen LogP contribution in [0.25, 0.3) is 0 Å². The van der Waals surface area contributed by atoms with Crippen LogP contribution in [0.1, 0.15) is 5.56 Å². The number of hydrogen-bond acceptors (Lipinski definition) is 2. The molecule has 4 nitrogen and oxygen atoms in total. The van der Waals surface area contributed by atoms with Crippen molar-refractivity contribution in [2.24, 2.45) is 10.8 Å². The van der Waals surface area contributed by atoms with E-state index in [1.807, 2.05) is 6.92 Å². The predicted octanol–water partition coefficient (Wildman–Crippen LogP) is 2.16. The lowest BCUT2D eigenvalue weighted by atomic mass is 10.2. The van der Waals surface area contributed by atoms with Crippen molar-refractivity contribution in [3.05, 3.63) is 27.7 Å². The van der Waals surface area contributed by atoms with Gasteiger partial charge in [-0.05, 0) is 24.6 Å². The van der Waals surface area contributed by atoms with E-state index < -0.39 is 0 Å². The van der Waals surface area contributed by atoms with Gasteiger partial charge in [-0.1, -0.05) is 23.2 Å². The Labute approximate surface area is 98.4 Å². The number of anilines is 1. The third-order valence-electron chi connectivity index (χ3n) is 1.86. The van der Waals surface area contributed by atoms with E-state index in [1.54, 1.807) is 19.2 Å². The summed E-state index contributed by atoms with van der Waals surface area (Å²) in [5, 5.41) is 4.11. The van der Waals surface area contributed by atoms with Crippen LogP contribution in [-0.4, -0.2) is 13.0 Å². The first-order valence-corrected chi connectivity index (χ1v) is 5.00. The highest BCUT2D eigenvalue weighted by atomic mass is 35.5. The van der Waals surface area contributed by atoms with E-state index >= 15 is 0 Å². The highest BCUT2D eigenvalue weighted by Crippen LogP contribution is 2.28. The number of nitrogens with two attached hydrogens (primary N) is 1. The van der Waals surface area contributed by atoms with Gasteiger partial charge < -0.3 is 5.32 Å². The molecule has 0 aliphatic rings. The maximum absolute atomic E-state index is 6.01. The molecule has 0 spiro atoms. The second-order valence-electron chi connectivity index (χ2n) is 2.92.